The molecule has 0 N–H and O–H groups in total. The third-order valence-electron chi connectivity index (χ3n) is 2.77. The largest absolute Gasteiger partial charge is 0.376 e. The van der Waals surface area contributed by atoms with Crippen LogP contribution in [0.2, 0.25) is 0 Å². The Morgan fingerprint density at radius 3 is 2.77 bits per heavy atom. The SMILES string of the molecule is CCC(=O)N(C)C1CCOC1CC. The van der Waals surface area contributed by atoms with E-state index in [1.54, 1.807) is 0 Å². The van der Waals surface area contributed by atoms with Crippen LogP contribution in [0.15, 0.2) is 0 Å². The minimum atomic E-state index is 0.217. The summed E-state index contributed by atoms with van der Waals surface area (Å²) in [7, 11) is 1.88. The summed E-state index contributed by atoms with van der Waals surface area (Å²) in [6.45, 7) is 4.80. The molecule has 1 fully saturated rings. The summed E-state index contributed by atoms with van der Waals surface area (Å²) in [5.74, 6) is 0.217. The van der Waals surface area contributed by atoms with Gasteiger partial charge in [0.2, 0.25) is 5.91 Å². The number of rotatable bonds is 3. The van der Waals surface area contributed by atoms with Crippen LogP contribution in [0.25, 0.3) is 0 Å². The third-order valence-corrected chi connectivity index (χ3v) is 2.77. The molecular weight excluding hydrogens is 166 g/mol. The van der Waals surface area contributed by atoms with Gasteiger partial charge in [0.1, 0.15) is 0 Å². The van der Waals surface area contributed by atoms with Crippen molar-refractivity contribution in [2.45, 2.75) is 45.3 Å². The topological polar surface area (TPSA) is 29.5 Å². The molecule has 0 saturated carbocycles. The van der Waals surface area contributed by atoms with Crippen molar-refractivity contribution in [3.63, 3.8) is 0 Å². The molecule has 2 atom stereocenters. The first-order valence-corrected chi connectivity index (χ1v) is 5.08. The number of ether oxygens (including phenoxy) is 1. The zero-order valence-electron chi connectivity index (χ0n) is 8.75. The van der Waals surface area contributed by atoms with E-state index in [-0.39, 0.29) is 12.0 Å². The highest BCUT2D eigenvalue weighted by Gasteiger charge is 2.31. The van der Waals surface area contributed by atoms with E-state index in [4.69, 9.17) is 4.74 Å². The van der Waals surface area contributed by atoms with E-state index in [1.807, 2.05) is 18.9 Å². The molecule has 1 heterocycles. The van der Waals surface area contributed by atoms with Crippen molar-refractivity contribution < 1.29 is 9.53 Å². The Morgan fingerprint density at radius 2 is 2.23 bits per heavy atom. The van der Waals surface area contributed by atoms with Crippen molar-refractivity contribution in [1.29, 1.82) is 0 Å². The predicted octanol–water partition coefficient (Wildman–Crippen LogP) is 1.42. The molecule has 0 aromatic heterocycles. The van der Waals surface area contributed by atoms with Crippen LogP contribution >= 0.6 is 0 Å². The number of likely N-dealkylation sites (N-methyl/N-ethyl adjacent to an activating group) is 1. The van der Waals surface area contributed by atoms with Crippen molar-refractivity contribution in [2.24, 2.45) is 0 Å². The molecule has 2 unspecified atom stereocenters. The van der Waals surface area contributed by atoms with Crippen LogP contribution in [0.5, 0.6) is 0 Å². The van der Waals surface area contributed by atoms with E-state index in [1.165, 1.54) is 0 Å². The van der Waals surface area contributed by atoms with Gasteiger partial charge in [-0.05, 0) is 12.8 Å². The maximum Gasteiger partial charge on any atom is 0.222 e. The molecule has 0 aromatic carbocycles. The van der Waals surface area contributed by atoms with Gasteiger partial charge < -0.3 is 9.64 Å². The van der Waals surface area contributed by atoms with Crippen LogP contribution in [0.1, 0.15) is 33.1 Å². The minimum Gasteiger partial charge on any atom is -0.376 e. The van der Waals surface area contributed by atoms with Crippen LogP contribution < -0.4 is 0 Å². The van der Waals surface area contributed by atoms with Gasteiger partial charge in [-0.2, -0.15) is 0 Å². The average Bonchev–Trinajstić information content (AvgIpc) is 2.62. The Balaban J connectivity index is 2.54. The first-order valence-electron chi connectivity index (χ1n) is 5.08. The second-order valence-corrected chi connectivity index (χ2v) is 3.53. The summed E-state index contributed by atoms with van der Waals surface area (Å²) in [5.41, 5.74) is 0. The second-order valence-electron chi connectivity index (χ2n) is 3.53. The Hall–Kier alpha value is -0.570. The molecule has 0 bridgehead atoms. The number of nitrogens with zero attached hydrogens (tertiary/aromatic N) is 1. The van der Waals surface area contributed by atoms with Gasteiger partial charge in [-0.25, -0.2) is 0 Å². The minimum absolute atomic E-state index is 0.217. The summed E-state index contributed by atoms with van der Waals surface area (Å²) in [6, 6.07) is 0.303. The van der Waals surface area contributed by atoms with Crippen molar-refractivity contribution >= 4 is 5.91 Å². The molecule has 3 nitrogen and oxygen atoms in total. The van der Waals surface area contributed by atoms with Crippen molar-refractivity contribution in [1.82, 2.24) is 4.90 Å². The highest BCUT2D eigenvalue weighted by atomic mass is 16.5. The lowest BCUT2D eigenvalue weighted by Crippen LogP contribution is -2.41. The summed E-state index contributed by atoms with van der Waals surface area (Å²) < 4.78 is 5.54. The van der Waals surface area contributed by atoms with Crippen LogP contribution in [-0.4, -0.2) is 36.6 Å². The molecule has 0 radical (unpaired) electrons. The summed E-state index contributed by atoms with van der Waals surface area (Å²) in [4.78, 5) is 13.3. The van der Waals surface area contributed by atoms with E-state index < -0.39 is 0 Å². The van der Waals surface area contributed by atoms with E-state index in [0.717, 1.165) is 19.4 Å². The standard InChI is InChI=1S/C10H19NO2/c1-4-9-8(6-7-13-9)11(3)10(12)5-2/h8-9H,4-7H2,1-3H3. The molecule has 3 heteroatoms. The van der Waals surface area contributed by atoms with Gasteiger partial charge in [0, 0.05) is 20.1 Å². The third kappa shape index (κ3) is 2.21. The molecule has 1 saturated heterocycles. The molecule has 76 valence electrons. The average molecular weight is 185 g/mol. The summed E-state index contributed by atoms with van der Waals surface area (Å²) >= 11 is 0. The molecular formula is C10H19NO2. The molecule has 0 aliphatic carbocycles. The smallest absolute Gasteiger partial charge is 0.222 e. The Kier molecular flexibility index (Phi) is 3.72. The molecule has 0 aromatic rings. The van der Waals surface area contributed by atoms with Gasteiger partial charge in [0.25, 0.3) is 0 Å². The van der Waals surface area contributed by atoms with E-state index in [9.17, 15) is 4.79 Å². The first kappa shape index (κ1) is 10.5. The Bertz CT molecular complexity index is 182. The van der Waals surface area contributed by atoms with Crippen LogP contribution in [0, 0.1) is 0 Å². The van der Waals surface area contributed by atoms with Crippen molar-refractivity contribution in [2.75, 3.05) is 13.7 Å². The zero-order valence-corrected chi connectivity index (χ0v) is 8.75. The number of carbonyl (C=O) groups excluding carboxylic acids is 1. The van der Waals surface area contributed by atoms with E-state index in [2.05, 4.69) is 6.92 Å². The molecule has 1 amide bonds. The maximum absolute atomic E-state index is 11.4. The van der Waals surface area contributed by atoms with Gasteiger partial charge in [-0.1, -0.05) is 13.8 Å². The highest BCUT2D eigenvalue weighted by Crippen LogP contribution is 2.21. The maximum atomic E-state index is 11.4. The van der Waals surface area contributed by atoms with Gasteiger partial charge in [0.05, 0.1) is 12.1 Å². The number of hydrogen-bond acceptors (Lipinski definition) is 2. The summed E-state index contributed by atoms with van der Waals surface area (Å²) in [5, 5.41) is 0. The normalized spacial score (nSPS) is 27.6. The van der Waals surface area contributed by atoms with Crippen molar-refractivity contribution in [3.05, 3.63) is 0 Å². The zero-order chi connectivity index (χ0) is 9.84. The van der Waals surface area contributed by atoms with Crippen LogP contribution in [-0.2, 0) is 9.53 Å². The van der Waals surface area contributed by atoms with E-state index >= 15 is 0 Å². The lowest BCUT2D eigenvalue weighted by atomic mass is 10.1. The van der Waals surface area contributed by atoms with Crippen LogP contribution in [0.3, 0.4) is 0 Å². The fourth-order valence-electron chi connectivity index (χ4n) is 1.90. The number of amides is 1. The Labute approximate surface area is 80.1 Å². The monoisotopic (exact) mass is 185 g/mol. The van der Waals surface area contributed by atoms with Gasteiger partial charge in [0.15, 0.2) is 0 Å². The fourth-order valence-corrected chi connectivity index (χ4v) is 1.90. The number of carbonyl (C=O) groups is 1. The lowest BCUT2D eigenvalue weighted by Gasteiger charge is -2.27. The van der Waals surface area contributed by atoms with Crippen LogP contribution in [0.4, 0.5) is 0 Å². The quantitative estimate of drug-likeness (QED) is 0.665. The fraction of sp³-hybridized carbons (Fsp3) is 0.900. The molecule has 1 aliphatic rings. The van der Waals surface area contributed by atoms with Gasteiger partial charge in [-0.15, -0.1) is 0 Å². The number of hydrogen-bond donors (Lipinski definition) is 0. The lowest BCUT2D eigenvalue weighted by molar-refractivity contribution is -0.132. The Morgan fingerprint density at radius 1 is 1.54 bits per heavy atom. The molecule has 1 rings (SSSR count). The molecule has 1 aliphatic heterocycles. The van der Waals surface area contributed by atoms with E-state index in [0.29, 0.717) is 12.5 Å². The molecule has 0 spiro atoms. The predicted molar refractivity (Wildman–Crippen MR) is 51.5 cm³/mol. The second kappa shape index (κ2) is 4.61. The summed E-state index contributed by atoms with van der Waals surface area (Å²) in [6.07, 6.45) is 2.82. The first-order chi connectivity index (χ1) is 6.20. The highest BCUT2D eigenvalue weighted by molar-refractivity contribution is 5.75. The van der Waals surface area contributed by atoms with Gasteiger partial charge >= 0.3 is 0 Å². The van der Waals surface area contributed by atoms with Crippen molar-refractivity contribution in [3.8, 4) is 0 Å². The van der Waals surface area contributed by atoms with Gasteiger partial charge in [-0.3, -0.25) is 4.79 Å². The molecule has 13 heavy (non-hydrogen) atoms.